The Hall–Kier alpha value is -2.70. The topological polar surface area (TPSA) is 37.3 Å². The van der Waals surface area contributed by atoms with Crippen LogP contribution in [0.25, 0.3) is 0 Å². The third-order valence-electron chi connectivity index (χ3n) is 4.38. The Morgan fingerprint density at radius 3 is 1.32 bits per heavy atom. The van der Waals surface area contributed by atoms with Crippen molar-refractivity contribution in [3.63, 3.8) is 0 Å². The number of hydrogen-bond acceptors (Lipinski definition) is 1. The van der Waals surface area contributed by atoms with Crippen molar-refractivity contribution in [2.75, 3.05) is 0 Å². The van der Waals surface area contributed by atoms with Crippen molar-refractivity contribution >= 4 is 29.1 Å². The van der Waals surface area contributed by atoms with Crippen molar-refractivity contribution in [3.8, 4) is 0 Å². The van der Waals surface area contributed by atoms with E-state index in [1.54, 1.807) is 6.08 Å². The molecule has 0 spiro atoms. The molecule has 0 aliphatic rings. The number of aliphatic carboxylic acids is 1. The number of carboxylic acids is 1. The standard InChI is InChI=1S/C22H19O2P/c1-2-21(22(23)24)25(18-12-6-3-7-13-18,19-14-8-4-9-15-19)20-16-10-5-11-17-20/h2-17,21H,1H2/p+1. The first-order chi connectivity index (χ1) is 12.2. The van der Waals surface area contributed by atoms with Crippen LogP contribution in [0.2, 0.25) is 0 Å². The van der Waals surface area contributed by atoms with Gasteiger partial charge in [0.1, 0.15) is 23.2 Å². The molecule has 0 saturated heterocycles. The van der Waals surface area contributed by atoms with E-state index in [9.17, 15) is 9.90 Å². The van der Waals surface area contributed by atoms with Gasteiger partial charge in [-0.05, 0) is 42.5 Å². The second-order valence-electron chi connectivity index (χ2n) is 5.75. The molecule has 0 amide bonds. The lowest BCUT2D eigenvalue weighted by molar-refractivity contribution is -0.135. The third kappa shape index (κ3) is 3.01. The van der Waals surface area contributed by atoms with Crippen LogP contribution in [0.5, 0.6) is 0 Å². The maximum atomic E-state index is 12.3. The van der Waals surface area contributed by atoms with Gasteiger partial charge in [-0.15, -0.1) is 0 Å². The van der Waals surface area contributed by atoms with Crippen molar-refractivity contribution < 1.29 is 9.90 Å². The number of rotatable bonds is 6. The Bertz CT molecular complexity index is 748. The fourth-order valence-electron chi connectivity index (χ4n) is 3.34. The van der Waals surface area contributed by atoms with Crippen molar-refractivity contribution in [2.45, 2.75) is 5.66 Å². The average Bonchev–Trinajstić information content (AvgIpc) is 2.68. The quantitative estimate of drug-likeness (QED) is 0.546. The molecule has 1 atom stereocenters. The van der Waals surface area contributed by atoms with Gasteiger partial charge in [0, 0.05) is 0 Å². The van der Waals surface area contributed by atoms with E-state index in [0.717, 1.165) is 15.9 Å². The minimum atomic E-state index is -2.44. The molecule has 3 rings (SSSR count). The number of benzene rings is 3. The number of carboxylic acid groups (broad SMARTS) is 1. The minimum absolute atomic E-state index is 0.695. The van der Waals surface area contributed by atoms with E-state index in [1.165, 1.54) is 0 Å². The van der Waals surface area contributed by atoms with Gasteiger partial charge in [0.25, 0.3) is 0 Å². The zero-order valence-corrected chi connectivity index (χ0v) is 14.7. The second-order valence-corrected chi connectivity index (χ2v) is 9.30. The van der Waals surface area contributed by atoms with Gasteiger partial charge in [0.2, 0.25) is 0 Å². The van der Waals surface area contributed by atoms with Crippen molar-refractivity contribution in [1.82, 2.24) is 0 Å². The molecule has 0 aromatic heterocycles. The molecule has 25 heavy (non-hydrogen) atoms. The first-order valence-electron chi connectivity index (χ1n) is 8.12. The molecule has 124 valence electrons. The van der Waals surface area contributed by atoms with E-state index in [-0.39, 0.29) is 0 Å². The van der Waals surface area contributed by atoms with E-state index in [0.29, 0.717) is 0 Å². The molecule has 0 fully saturated rings. The molecule has 0 heterocycles. The molecule has 0 radical (unpaired) electrons. The van der Waals surface area contributed by atoms with Crippen LogP contribution in [0.3, 0.4) is 0 Å². The summed E-state index contributed by atoms with van der Waals surface area (Å²) in [7, 11) is -2.44. The molecule has 0 bridgehead atoms. The minimum Gasteiger partial charge on any atom is -0.478 e. The molecule has 2 nitrogen and oxygen atoms in total. The van der Waals surface area contributed by atoms with Gasteiger partial charge in [0.05, 0.1) is 0 Å². The maximum Gasteiger partial charge on any atom is 0.349 e. The summed E-state index contributed by atoms with van der Waals surface area (Å²) >= 11 is 0. The summed E-state index contributed by atoms with van der Waals surface area (Å²) in [6, 6.07) is 29.9. The lowest BCUT2D eigenvalue weighted by Crippen LogP contribution is -2.41. The SMILES string of the molecule is C=CC(C(=O)O)[P+](c1ccccc1)(c1ccccc1)c1ccccc1. The summed E-state index contributed by atoms with van der Waals surface area (Å²) in [5, 5.41) is 13.2. The van der Waals surface area contributed by atoms with Crippen LogP contribution in [0.4, 0.5) is 0 Å². The number of hydrogen-bond donors (Lipinski definition) is 1. The third-order valence-corrected chi connectivity index (χ3v) is 8.99. The molecule has 0 aliphatic carbocycles. The average molecular weight is 347 g/mol. The molecule has 3 aromatic carbocycles. The molecule has 1 unspecified atom stereocenters. The largest absolute Gasteiger partial charge is 0.478 e. The first kappa shape index (κ1) is 17.1. The van der Waals surface area contributed by atoms with Crippen molar-refractivity contribution in [3.05, 3.63) is 104 Å². The Balaban J connectivity index is 2.44. The molecule has 0 aliphatic heterocycles. The highest BCUT2D eigenvalue weighted by Crippen LogP contribution is 2.60. The highest BCUT2D eigenvalue weighted by molar-refractivity contribution is 7.97. The first-order valence-corrected chi connectivity index (χ1v) is 9.98. The Kier molecular flexibility index (Phi) is 5.11. The second kappa shape index (κ2) is 7.46. The zero-order chi connectivity index (χ0) is 17.7. The summed E-state index contributed by atoms with van der Waals surface area (Å²) in [6.07, 6.45) is 1.59. The van der Waals surface area contributed by atoms with E-state index >= 15 is 0 Å². The Morgan fingerprint density at radius 2 is 1.08 bits per heavy atom. The van der Waals surface area contributed by atoms with Crippen LogP contribution in [0.15, 0.2) is 104 Å². The summed E-state index contributed by atoms with van der Waals surface area (Å²) in [5.74, 6) is -0.847. The maximum absolute atomic E-state index is 12.3. The lowest BCUT2D eigenvalue weighted by Gasteiger charge is -2.30. The molecule has 3 heteroatoms. The Labute approximate surface area is 148 Å². The van der Waals surface area contributed by atoms with Gasteiger partial charge < -0.3 is 5.11 Å². The van der Waals surface area contributed by atoms with Gasteiger partial charge >= 0.3 is 5.97 Å². The predicted octanol–water partition coefficient (Wildman–Crippen LogP) is 3.62. The van der Waals surface area contributed by atoms with Gasteiger partial charge in [-0.3, -0.25) is 0 Å². The zero-order valence-electron chi connectivity index (χ0n) is 13.8. The van der Waals surface area contributed by atoms with Gasteiger partial charge in [0.15, 0.2) is 5.66 Å². The number of carbonyl (C=O) groups is 1. The van der Waals surface area contributed by atoms with E-state index in [1.807, 2.05) is 91.0 Å². The van der Waals surface area contributed by atoms with Crippen LogP contribution in [-0.2, 0) is 4.79 Å². The highest BCUT2D eigenvalue weighted by atomic mass is 31.2. The Morgan fingerprint density at radius 1 is 0.760 bits per heavy atom. The van der Waals surface area contributed by atoms with Crippen molar-refractivity contribution in [2.24, 2.45) is 0 Å². The summed E-state index contributed by atoms with van der Waals surface area (Å²) in [4.78, 5) is 12.3. The van der Waals surface area contributed by atoms with Gasteiger partial charge in [-0.2, -0.15) is 0 Å². The smallest absolute Gasteiger partial charge is 0.349 e. The molecular formula is C22H20O2P+. The van der Waals surface area contributed by atoms with Gasteiger partial charge in [-0.1, -0.05) is 61.2 Å². The fourth-order valence-corrected chi connectivity index (χ4v) is 7.78. The van der Waals surface area contributed by atoms with Crippen LogP contribution in [-0.4, -0.2) is 16.7 Å². The van der Waals surface area contributed by atoms with Gasteiger partial charge in [-0.25, -0.2) is 4.79 Å². The summed E-state index contributed by atoms with van der Waals surface area (Å²) < 4.78 is 0. The molecule has 3 aromatic rings. The van der Waals surface area contributed by atoms with E-state index in [4.69, 9.17) is 0 Å². The monoisotopic (exact) mass is 347 g/mol. The van der Waals surface area contributed by atoms with Crippen LogP contribution in [0, 0.1) is 0 Å². The van der Waals surface area contributed by atoms with E-state index < -0.39 is 18.9 Å². The van der Waals surface area contributed by atoms with Crippen LogP contribution < -0.4 is 15.9 Å². The predicted molar refractivity (Wildman–Crippen MR) is 107 cm³/mol. The fraction of sp³-hybridized carbons (Fsp3) is 0.0455. The summed E-state index contributed by atoms with van der Waals surface area (Å²) in [5.41, 5.74) is -0.695. The normalized spacial score (nSPS) is 12.3. The molecular weight excluding hydrogens is 327 g/mol. The van der Waals surface area contributed by atoms with E-state index in [2.05, 4.69) is 6.58 Å². The molecule has 0 saturated carbocycles. The summed E-state index contributed by atoms with van der Waals surface area (Å²) in [6.45, 7) is 3.87. The van der Waals surface area contributed by atoms with Crippen LogP contribution in [0.1, 0.15) is 0 Å². The van der Waals surface area contributed by atoms with Crippen molar-refractivity contribution in [1.29, 1.82) is 0 Å². The molecule has 1 N–H and O–H groups in total. The highest BCUT2D eigenvalue weighted by Gasteiger charge is 2.54. The van der Waals surface area contributed by atoms with Crippen LogP contribution >= 0.6 is 7.26 Å². The lowest BCUT2D eigenvalue weighted by atomic mass is 10.3.